The summed E-state index contributed by atoms with van der Waals surface area (Å²) in [6.07, 6.45) is 0.291. The summed E-state index contributed by atoms with van der Waals surface area (Å²) in [6, 6.07) is 17.4. The van der Waals surface area contributed by atoms with Crippen molar-refractivity contribution in [3.63, 3.8) is 0 Å². The maximum absolute atomic E-state index is 13.0. The Bertz CT molecular complexity index is 847. The van der Waals surface area contributed by atoms with Gasteiger partial charge >= 0.3 is 0 Å². The highest BCUT2D eigenvalue weighted by atomic mass is 16.5. The zero-order valence-corrected chi connectivity index (χ0v) is 16.2. The van der Waals surface area contributed by atoms with E-state index in [1.165, 1.54) is 20.3 Å². The highest BCUT2D eigenvalue weighted by molar-refractivity contribution is 6.21. The van der Waals surface area contributed by atoms with Crippen molar-refractivity contribution in [3.8, 4) is 5.75 Å². The van der Waals surface area contributed by atoms with Crippen LogP contribution in [-0.2, 0) is 16.1 Å². The second-order valence-electron chi connectivity index (χ2n) is 7.60. The van der Waals surface area contributed by atoms with E-state index in [4.69, 9.17) is 4.74 Å². The molecule has 4 rings (SSSR count). The summed E-state index contributed by atoms with van der Waals surface area (Å²) in [5, 5.41) is 0. The Morgan fingerprint density at radius 3 is 2.46 bits per heavy atom. The second kappa shape index (κ2) is 8.12. The minimum absolute atomic E-state index is 0.0836. The first-order chi connectivity index (χ1) is 13.7. The van der Waals surface area contributed by atoms with Crippen molar-refractivity contribution < 1.29 is 24.1 Å². The monoisotopic (exact) mass is 381 g/mol. The van der Waals surface area contributed by atoms with Crippen LogP contribution in [0.5, 0.6) is 5.75 Å². The predicted octanol–water partition coefficient (Wildman–Crippen LogP) is -0.689. The first kappa shape index (κ1) is 18.7. The fourth-order valence-electron chi connectivity index (χ4n) is 4.31. The molecule has 2 aromatic rings. The van der Waals surface area contributed by atoms with Crippen LogP contribution in [0.15, 0.2) is 54.6 Å². The molecule has 0 spiro atoms. The van der Waals surface area contributed by atoms with Crippen LogP contribution in [0, 0.1) is 0 Å². The number of hydrogen-bond donors (Lipinski definition) is 2. The molecule has 6 heteroatoms. The molecule has 0 saturated carbocycles. The number of carbonyl (C=O) groups excluding carboxylic acids is 2. The molecule has 0 bridgehead atoms. The molecule has 0 unspecified atom stereocenters. The third-order valence-electron chi connectivity index (χ3n) is 5.85. The molecule has 0 aliphatic carbocycles. The molecular weight excluding hydrogens is 354 g/mol. The van der Waals surface area contributed by atoms with E-state index in [-0.39, 0.29) is 17.9 Å². The van der Waals surface area contributed by atoms with Crippen LogP contribution in [0.1, 0.15) is 12.0 Å². The Kier molecular flexibility index (Phi) is 5.41. The van der Waals surface area contributed by atoms with Crippen LogP contribution in [0.25, 0.3) is 0 Å². The highest BCUT2D eigenvalue weighted by Gasteiger charge is 2.47. The molecule has 2 saturated heterocycles. The smallest absolute Gasteiger partial charge is 0.292 e. The highest BCUT2D eigenvalue weighted by Crippen LogP contribution is 2.25. The van der Waals surface area contributed by atoms with Crippen LogP contribution in [0.4, 0.5) is 5.69 Å². The number of methoxy groups -OCH3 is 1. The van der Waals surface area contributed by atoms with Crippen LogP contribution in [0.3, 0.4) is 0 Å². The number of benzene rings is 2. The number of hydrogen-bond acceptors (Lipinski definition) is 3. The summed E-state index contributed by atoms with van der Waals surface area (Å²) in [7, 11) is 1.58. The van der Waals surface area contributed by atoms with Gasteiger partial charge in [-0.05, 0) is 12.1 Å². The van der Waals surface area contributed by atoms with E-state index in [1.54, 1.807) is 25.3 Å². The van der Waals surface area contributed by atoms with Gasteiger partial charge in [-0.15, -0.1) is 0 Å². The van der Waals surface area contributed by atoms with Gasteiger partial charge in [0.1, 0.15) is 38.5 Å². The van der Waals surface area contributed by atoms with E-state index in [0.717, 1.165) is 32.7 Å². The number of amides is 2. The van der Waals surface area contributed by atoms with E-state index in [0.29, 0.717) is 17.9 Å². The number of nitrogens with one attached hydrogen (secondary N) is 2. The lowest BCUT2D eigenvalue weighted by atomic mass is 10.1. The van der Waals surface area contributed by atoms with Gasteiger partial charge in [-0.25, -0.2) is 4.90 Å². The topological polar surface area (TPSA) is 55.5 Å². The Labute approximate surface area is 165 Å². The number of piperazine rings is 1. The van der Waals surface area contributed by atoms with Gasteiger partial charge in [0, 0.05) is 11.6 Å². The standard InChI is InChI=1S/C22H25N3O3/c1-28-19-9-5-8-18(14-19)25-21(26)15-20(22(25)27)24-12-10-23(11-13-24)16-17-6-3-2-4-7-17/h2-9,14,20H,10-13,15-16H2,1H3/p+2/t20-/m1/s1. The van der Waals surface area contributed by atoms with Crippen LogP contribution in [-0.4, -0.2) is 51.1 Å². The summed E-state index contributed by atoms with van der Waals surface area (Å²) >= 11 is 0. The fourth-order valence-corrected chi connectivity index (χ4v) is 4.31. The van der Waals surface area contributed by atoms with E-state index in [9.17, 15) is 9.59 Å². The number of imide groups is 1. The van der Waals surface area contributed by atoms with Gasteiger partial charge in [0.15, 0.2) is 6.04 Å². The van der Waals surface area contributed by atoms with Gasteiger partial charge in [-0.1, -0.05) is 36.4 Å². The molecule has 28 heavy (non-hydrogen) atoms. The molecular formula is C22H27N3O3+2. The third-order valence-corrected chi connectivity index (χ3v) is 5.85. The lowest BCUT2D eigenvalue weighted by Crippen LogP contribution is -3.29. The van der Waals surface area contributed by atoms with Crippen molar-refractivity contribution in [1.29, 1.82) is 0 Å². The van der Waals surface area contributed by atoms with Crippen molar-refractivity contribution in [2.75, 3.05) is 38.2 Å². The zero-order chi connectivity index (χ0) is 19.5. The molecule has 0 aromatic heterocycles. The fraction of sp³-hybridized carbons (Fsp3) is 0.364. The SMILES string of the molecule is COc1cccc(N2C(=O)C[C@@H]([NH+]3CC[NH+](Cc4ccccc4)CC3)C2=O)c1. The molecule has 146 valence electrons. The maximum Gasteiger partial charge on any atom is 0.292 e. The molecule has 2 amide bonds. The summed E-state index contributed by atoms with van der Waals surface area (Å²) in [4.78, 5) is 29.7. The minimum Gasteiger partial charge on any atom is -0.497 e. The summed E-state index contributed by atoms with van der Waals surface area (Å²) < 4.78 is 5.23. The Hall–Kier alpha value is -2.70. The largest absolute Gasteiger partial charge is 0.497 e. The van der Waals surface area contributed by atoms with Gasteiger partial charge in [0.2, 0.25) is 5.91 Å². The number of rotatable bonds is 5. The lowest BCUT2D eigenvalue weighted by molar-refractivity contribution is -1.02. The first-order valence-electron chi connectivity index (χ1n) is 9.88. The third kappa shape index (κ3) is 3.79. The average molecular weight is 381 g/mol. The molecule has 6 nitrogen and oxygen atoms in total. The number of nitrogens with zero attached hydrogens (tertiary/aromatic N) is 1. The summed E-state index contributed by atoms with van der Waals surface area (Å²) in [5.41, 5.74) is 1.95. The Balaban J connectivity index is 1.39. The first-order valence-corrected chi connectivity index (χ1v) is 9.88. The zero-order valence-electron chi connectivity index (χ0n) is 16.2. The molecule has 2 aliphatic rings. The van der Waals surface area contributed by atoms with Crippen molar-refractivity contribution in [2.24, 2.45) is 0 Å². The number of quaternary nitrogens is 2. The van der Waals surface area contributed by atoms with Crippen molar-refractivity contribution in [2.45, 2.75) is 19.0 Å². The van der Waals surface area contributed by atoms with Crippen molar-refractivity contribution in [1.82, 2.24) is 0 Å². The van der Waals surface area contributed by atoms with Gasteiger partial charge in [0.25, 0.3) is 5.91 Å². The number of anilines is 1. The van der Waals surface area contributed by atoms with E-state index < -0.39 is 0 Å². The minimum atomic E-state index is -0.267. The molecule has 2 aromatic carbocycles. The van der Waals surface area contributed by atoms with Crippen molar-refractivity contribution in [3.05, 3.63) is 60.2 Å². The molecule has 2 heterocycles. The van der Waals surface area contributed by atoms with Gasteiger partial charge in [-0.2, -0.15) is 0 Å². The summed E-state index contributed by atoms with van der Waals surface area (Å²) in [6.45, 7) is 4.87. The molecule has 0 radical (unpaired) electrons. The van der Waals surface area contributed by atoms with Gasteiger partial charge < -0.3 is 14.5 Å². The second-order valence-corrected chi connectivity index (χ2v) is 7.60. The lowest BCUT2D eigenvalue weighted by Gasteiger charge is -2.32. The maximum atomic E-state index is 13.0. The predicted molar refractivity (Wildman–Crippen MR) is 105 cm³/mol. The van der Waals surface area contributed by atoms with E-state index in [1.807, 2.05) is 12.1 Å². The molecule has 2 N–H and O–H groups in total. The molecule has 2 aliphatic heterocycles. The normalized spacial score (nSPS) is 25.2. The van der Waals surface area contributed by atoms with Gasteiger partial charge in [0.05, 0.1) is 19.2 Å². The van der Waals surface area contributed by atoms with Crippen LogP contribution in [0.2, 0.25) is 0 Å². The van der Waals surface area contributed by atoms with Crippen molar-refractivity contribution >= 4 is 17.5 Å². The molecule has 2 fully saturated rings. The quantitative estimate of drug-likeness (QED) is 0.675. The van der Waals surface area contributed by atoms with E-state index >= 15 is 0 Å². The Morgan fingerprint density at radius 1 is 1.00 bits per heavy atom. The molecule has 1 atom stereocenters. The van der Waals surface area contributed by atoms with Crippen LogP contribution < -0.4 is 19.4 Å². The van der Waals surface area contributed by atoms with E-state index in [2.05, 4.69) is 24.3 Å². The number of ether oxygens (including phenoxy) is 1. The number of carbonyl (C=O) groups is 2. The summed E-state index contributed by atoms with van der Waals surface area (Å²) in [5.74, 6) is 0.446. The van der Waals surface area contributed by atoms with Crippen LogP contribution >= 0.6 is 0 Å². The van der Waals surface area contributed by atoms with Gasteiger partial charge in [-0.3, -0.25) is 9.59 Å². The Morgan fingerprint density at radius 2 is 1.75 bits per heavy atom. The average Bonchev–Trinajstić information content (AvgIpc) is 3.03.